The summed E-state index contributed by atoms with van der Waals surface area (Å²) in [4.78, 5) is 20.6. The topological polar surface area (TPSA) is 60.5 Å². The van der Waals surface area contributed by atoms with Crippen molar-refractivity contribution in [3.8, 4) is 11.1 Å². The van der Waals surface area contributed by atoms with Crippen molar-refractivity contribution < 1.29 is 13.6 Å². The second kappa shape index (κ2) is 9.33. The van der Waals surface area contributed by atoms with Gasteiger partial charge in [-0.2, -0.15) is 0 Å². The number of urea groups is 1. The minimum absolute atomic E-state index is 0.247. The highest BCUT2D eigenvalue weighted by Crippen LogP contribution is 2.46. The van der Waals surface area contributed by atoms with Crippen molar-refractivity contribution in [3.05, 3.63) is 64.8 Å². The van der Waals surface area contributed by atoms with Gasteiger partial charge < -0.3 is 10.6 Å². The quantitative estimate of drug-likeness (QED) is 0.451. The van der Waals surface area contributed by atoms with Gasteiger partial charge in [0.25, 0.3) is 0 Å². The average molecular weight is 472 g/mol. The number of anilines is 4. The summed E-state index contributed by atoms with van der Waals surface area (Å²) in [5.41, 5.74) is 2.29. The Balaban J connectivity index is 1.94. The zero-order valence-corrected chi connectivity index (χ0v) is 19.3. The van der Waals surface area contributed by atoms with Gasteiger partial charge in [-0.25, -0.2) is 18.6 Å². The van der Waals surface area contributed by atoms with Crippen LogP contribution in [0.25, 0.3) is 11.1 Å². The fourth-order valence-electron chi connectivity index (χ4n) is 4.05. The Kier molecular flexibility index (Phi) is 6.49. The molecule has 6 nitrogen and oxygen atoms in total. The summed E-state index contributed by atoms with van der Waals surface area (Å²) in [6.07, 6.45) is 1.46. The summed E-state index contributed by atoms with van der Waals surface area (Å²) in [7, 11) is 1.79. The number of nitrogens with zero attached hydrogens (tertiary/aromatic N) is 3. The summed E-state index contributed by atoms with van der Waals surface area (Å²) >= 11 is 6.24. The van der Waals surface area contributed by atoms with Crippen molar-refractivity contribution in [2.75, 3.05) is 41.8 Å². The molecule has 0 radical (unpaired) electrons. The molecule has 9 heteroatoms. The van der Waals surface area contributed by atoms with Gasteiger partial charge in [0.15, 0.2) is 11.6 Å². The number of benzene rings is 2. The molecular formula is C24H24ClF2N5O. The maximum absolute atomic E-state index is 15.4. The number of likely N-dealkylation sites (N-methyl/N-ethyl adjacent to an activating group) is 1. The predicted octanol–water partition coefficient (Wildman–Crippen LogP) is 5.72. The largest absolute Gasteiger partial charge is 0.384 e. The van der Waals surface area contributed by atoms with Crippen LogP contribution in [0.15, 0.2) is 42.6 Å². The lowest BCUT2D eigenvalue weighted by molar-refractivity contribution is 0.253. The van der Waals surface area contributed by atoms with Gasteiger partial charge in [-0.1, -0.05) is 23.7 Å². The number of amides is 2. The number of aryl methyl sites for hydroxylation is 1. The molecule has 0 unspecified atom stereocenters. The molecule has 1 aliphatic rings. The van der Waals surface area contributed by atoms with E-state index in [0.29, 0.717) is 46.4 Å². The van der Waals surface area contributed by atoms with E-state index in [1.807, 2.05) is 13.0 Å². The summed E-state index contributed by atoms with van der Waals surface area (Å²) in [6, 6.07) is 8.79. The van der Waals surface area contributed by atoms with E-state index in [0.717, 1.165) is 10.5 Å². The van der Waals surface area contributed by atoms with E-state index in [4.69, 9.17) is 11.6 Å². The maximum Gasteiger partial charge on any atom is 0.334 e. The van der Waals surface area contributed by atoms with Crippen LogP contribution in [0.2, 0.25) is 5.02 Å². The monoisotopic (exact) mass is 471 g/mol. The highest BCUT2D eigenvalue weighted by Gasteiger charge is 2.36. The second-order valence-corrected chi connectivity index (χ2v) is 8.11. The number of aromatic nitrogens is 1. The van der Waals surface area contributed by atoms with Gasteiger partial charge in [-0.3, -0.25) is 9.80 Å². The third-order valence-electron chi connectivity index (χ3n) is 5.53. The normalized spacial score (nSPS) is 13.0. The van der Waals surface area contributed by atoms with E-state index in [1.54, 1.807) is 32.2 Å². The van der Waals surface area contributed by atoms with Crippen LogP contribution in [-0.4, -0.2) is 37.7 Å². The van der Waals surface area contributed by atoms with Crippen molar-refractivity contribution in [2.24, 2.45) is 0 Å². The van der Waals surface area contributed by atoms with Gasteiger partial charge in [0.1, 0.15) is 11.5 Å². The minimum Gasteiger partial charge on any atom is -0.384 e. The molecule has 3 aromatic rings. The first-order valence-electron chi connectivity index (χ1n) is 10.6. The Morgan fingerprint density at radius 1 is 1.12 bits per heavy atom. The van der Waals surface area contributed by atoms with Crippen LogP contribution in [0.5, 0.6) is 0 Å². The van der Waals surface area contributed by atoms with E-state index in [1.165, 1.54) is 23.2 Å². The highest BCUT2D eigenvalue weighted by molar-refractivity contribution is 6.31. The molecule has 4 rings (SSSR count). The molecular weight excluding hydrogens is 448 g/mol. The third-order valence-corrected chi connectivity index (χ3v) is 5.74. The van der Waals surface area contributed by atoms with E-state index in [2.05, 4.69) is 15.6 Å². The van der Waals surface area contributed by atoms with Gasteiger partial charge in [0, 0.05) is 42.6 Å². The smallest absolute Gasteiger partial charge is 0.334 e. The molecule has 2 heterocycles. The molecule has 2 N–H and O–H groups in total. The van der Waals surface area contributed by atoms with Gasteiger partial charge in [-0.15, -0.1) is 0 Å². The molecule has 0 bridgehead atoms. The zero-order valence-electron chi connectivity index (χ0n) is 18.5. The number of halogens is 3. The number of rotatable bonds is 6. The third kappa shape index (κ3) is 4.12. The van der Waals surface area contributed by atoms with Gasteiger partial charge >= 0.3 is 6.03 Å². The van der Waals surface area contributed by atoms with E-state index >= 15 is 8.78 Å². The van der Waals surface area contributed by atoms with Crippen molar-refractivity contribution >= 4 is 40.5 Å². The Bertz CT molecular complexity index is 1200. The fourth-order valence-corrected chi connectivity index (χ4v) is 4.21. The summed E-state index contributed by atoms with van der Waals surface area (Å²) in [6.45, 7) is 5.01. The Morgan fingerprint density at radius 3 is 2.52 bits per heavy atom. The van der Waals surface area contributed by atoms with Crippen LogP contribution in [-0.2, 0) is 0 Å². The van der Waals surface area contributed by atoms with Crippen LogP contribution >= 0.6 is 11.6 Å². The molecule has 1 aromatic heterocycles. The number of nitrogens with one attached hydrogen (secondary N) is 2. The lowest BCUT2D eigenvalue weighted by atomic mass is 9.98. The number of carbonyl (C=O) groups is 1. The van der Waals surface area contributed by atoms with E-state index in [9.17, 15) is 4.79 Å². The molecule has 0 saturated heterocycles. The first-order valence-corrected chi connectivity index (χ1v) is 11.0. The van der Waals surface area contributed by atoms with Crippen LogP contribution in [0.4, 0.5) is 36.5 Å². The first-order chi connectivity index (χ1) is 15.9. The lowest BCUT2D eigenvalue weighted by Gasteiger charge is -2.28. The molecule has 2 amide bonds. The number of carbonyl (C=O) groups excluding carboxylic acids is 1. The van der Waals surface area contributed by atoms with Crippen molar-refractivity contribution in [2.45, 2.75) is 13.8 Å². The first kappa shape index (κ1) is 22.9. The van der Waals surface area contributed by atoms with Crippen molar-refractivity contribution in [3.63, 3.8) is 0 Å². The second-order valence-electron chi connectivity index (χ2n) is 7.67. The number of hydrogen-bond acceptors (Lipinski definition) is 4. The summed E-state index contributed by atoms with van der Waals surface area (Å²) < 4.78 is 30.8. The molecule has 0 saturated carbocycles. The molecule has 0 spiro atoms. The molecule has 1 aliphatic heterocycles. The van der Waals surface area contributed by atoms with Crippen LogP contribution in [0, 0.1) is 18.6 Å². The lowest BCUT2D eigenvalue weighted by Crippen LogP contribution is -2.41. The Morgan fingerprint density at radius 2 is 1.85 bits per heavy atom. The van der Waals surface area contributed by atoms with Gasteiger partial charge in [-0.05, 0) is 50.7 Å². The Labute approximate surface area is 196 Å². The zero-order chi connectivity index (χ0) is 23.7. The SMILES string of the molecule is CCN1C(=O)N(c2c(F)cc(NCCNC)cc2F)c2cccc(C)c2-c2cc(Cl)cnc21. The van der Waals surface area contributed by atoms with E-state index in [-0.39, 0.29) is 6.54 Å². The predicted molar refractivity (Wildman–Crippen MR) is 129 cm³/mol. The average Bonchev–Trinajstić information content (AvgIpc) is 2.87. The standard InChI is InChI=1S/C24H24ClF2N5O/c1-4-31-23-17(10-15(25)13-30-23)21-14(2)6-5-7-20(21)32(24(31)33)22-18(26)11-16(12-19(22)27)29-9-8-28-3/h5-7,10-13,28-29H,4,8-9H2,1-3H3. The van der Waals surface area contributed by atoms with Gasteiger partial charge in [0.2, 0.25) is 0 Å². The minimum atomic E-state index is -0.851. The summed E-state index contributed by atoms with van der Waals surface area (Å²) in [5, 5.41) is 6.33. The summed E-state index contributed by atoms with van der Waals surface area (Å²) in [5.74, 6) is -1.32. The number of pyridine rings is 1. The highest BCUT2D eigenvalue weighted by atomic mass is 35.5. The van der Waals surface area contributed by atoms with E-state index < -0.39 is 23.4 Å². The van der Waals surface area contributed by atoms with Crippen LogP contribution in [0.3, 0.4) is 0 Å². The molecule has 172 valence electrons. The number of hydrogen-bond donors (Lipinski definition) is 2. The number of fused-ring (bicyclic) bond motifs is 3. The molecule has 0 atom stereocenters. The molecule has 33 heavy (non-hydrogen) atoms. The molecule has 0 aliphatic carbocycles. The van der Waals surface area contributed by atoms with Crippen LogP contribution < -0.4 is 20.4 Å². The molecule has 2 aromatic carbocycles. The Hall–Kier alpha value is -3.23. The van der Waals surface area contributed by atoms with Crippen LogP contribution in [0.1, 0.15) is 12.5 Å². The van der Waals surface area contributed by atoms with Gasteiger partial charge in [0.05, 0.1) is 10.7 Å². The fraction of sp³-hybridized carbons (Fsp3) is 0.250. The van der Waals surface area contributed by atoms with Crippen molar-refractivity contribution in [1.29, 1.82) is 0 Å². The molecule has 0 fully saturated rings. The van der Waals surface area contributed by atoms with Crippen molar-refractivity contribution in [1.82, 2.24) is 10.3 Å². The maximum atomic E-state index is 15.4.